The van der Waals surface area contributed by atoms with Crippen LogP contribution < -0.4 is 0 Å². The number of halogens is 1. The first-order valence-electron chi connectivity index (χ1n) is 10.6. The number of amides is 1. The molecule has 3 nitrogen and oxygen atoms in total. The van der Waals surface area contributed by atoms with E-state index >= 15 is 0 Å². The minimum Gasteiger partial charge on any atom is -0.389 e. The van der Waals surface area contributed by atoms with Crippen molar-refractivity contribution in [3.05, 3.63) is 35.6 Å². The number of carbonyl (C=O) groups is 1. The lowest BCUT2D eigenvalue weighted by molar-refractivity contribution is -0.164. The van der Waals surface area contributed by atoms with Crippen molar-refractivity contribution < 1.29 is 14.3 Å². The van der Waals surface area contributed by atoms with E-state index in [4.69, 9.17) is 0 Å². The minimum absolute atomic E-state index is 0.0165. The molecular formula is C23H30FNO2. The summed E-state index contributed by atoms with van der Waals surface area (Å²) in [6.45, 7) is 3.41. The molecular weight excluding hydrogens is 341 g/mol. The van der Waals surface area contributed by atoms with Crippen molar-refractivity contribution in [2.75, 3.05) is 13.1 Å². The second kappa shape index (κ2) is 6.30. The molecule has 0 spiro atoms. The predicted octanol–water partition coefficient (Wildman–Crippen LogP) is 3.65. The van der Waals surface area contributed by atoms with Gasteiger partial charge >= 0.3 is 0 Å². The summed E-state index contributed by atoms with van der Waals surface area (Å²) in [5, 5.41) is 9.60. The summed E-state index contributed by atoms with van der Waals surface area (Å²) in [7, 11) is 0. The van der Waals surface area contributed by atoms with Gasteiger partial charge in [-0.05, 0) is 84.8 Å². The Kier molecular flexibility index (Phi) is 4.12. The molecule has 27 heavy (non-hydrogen) atoms. The third-order valence-electron chi connectivity index (χ3n) is 8.60. The van der Waals surface area contributed by atoms with Gasteiger partial charge in [0.05, 0.1) is 6.10 Å². The molecule has 5 fully saturated rings. The van der Waals surface area contributed by atoms with Gasteiger partial charge in [0.1, 0.15) is 5.82 Å². The van der Waals surface area contributed by atoms with Crippen molar-refractivity contribution in [3.63, 3.8) is 0 Å². The van der Waals surface area contributed by atoms with Crippen LogP contribution in [0.15, 0.2) is 24.3 Å². The van der Waals surface area contributed by atoms with Crippen molar-refractivity contribution in [2.24, 2.45) is 35.0 Å². The van der Waals surface area contributed by atoms with Crippen LogP contribution in [0.5, 0.6) is 0 Å². The summed E-state index contributed by atoms with van der Waals surface area (Å²) >= 11 is 0. The normalized spacial score (nSPS) is 40.3. The van der Waals surface area contributed by atoms with E-state index in [0.29, 0.717) is 31.3 Å². The van der Waals surface area contributed by atoms with Crippen LogP contribution >= 0.6 is 0 Å². The Bertz CT molecular complexity index is 694. The number of nitrogens with zero attached hydrogens (tertiary/aromatic N) is 1. The minimum atomic E-state index is -0.346. The Morgan fingerprint density at radius 2 is 1.67 bits per heavy atom. The molecule has 0 radical (unpaired) electrons. The lowest BCUT2D eigenvalue weighted by Crippen LogP contribution is -2.60. The number of aliphatic hydroxyl groups excluding tert-OH is 1. The number of β-amino-alcohol motifs (C(OH)–C–C–N with tert-alkyl or cyclic N) is 1. The highest BCUT2D eigenvalue weighted by atomic mass is 19.1. The Morgan fingerprint density at radius 3 is 2.19 bits per heavy atom. The summed E-state index contributed by atoms with van der Waals surface area (Å²) in [6, 6.07) is 6.91. The summed E-state index contributed by atoms with van der Waals surface area (Å²) in [6.07, 6.45) is 6.16. The van der Waals surface area contributed by atoms with Gasteiger partial charge in [0.25, 0.3) is 0 Å². The number of hydrogen-bond acceptors (Lipinski definition) is 2. The molecule has 1 amide bonds. The molecule has 0 unspecified atom stereocenters. The molecule has 1 saturated heterocycles. The highest BCUT2D eigenvalue weighted by molar-refractivity contribution is 5.78. The van der Waals surface area contributed by atoms with Gasteiger partial charge in [-0.3, -0.25) is 4.79 Å². The fraction of sp³-hybridized carbons (Fsp3) is 0.696. The zero-order valence-corrected chi connectivity index (χ0v) is 16.1. The molecule has 0 atom stereocenters. The molecule has 1 aliphatic heterocycles. The van der Waals surface area contributed by atoms with Crippen molar-refractivity contribution >= 4 is 5.91 Å². The summed E-state index contributed by atoms with van der Waals surface area (Å²) in [5.74, 6) is 3.72. The third kappa shape index (κ3) is 2.83. The smallest absolute Gasteiger partial charge is 0.223 e. The van der Waals surface area contributed by atoms with Gasteiger partial charge in [-0.15, -0.1) is 0 Å². The van der Waals surface area contributed by atoms with Crippen LogP contribution in [0.3, 0.4) is 0 Å². The van der Waals surface area contributed by atoms with Crippen molar-refractivity contribution in [3.8, 4) is 0 Å². The van der Waals surface area contributed by atoms with Crippen LogP contribution in [0.25, 0.3) is 0 Å². The maximum Gasteiger partial charge on any atom is 0.223 e. The quantitative estimate of drug-likeness (QED) is 0.878. The average Bonchev–Trinajstić information content (AvgIpc) is 2.59. The zero-order valence-electron chi connectivity index (χ0n) is 16.1. The van der Waals surface area contributed by atoms with Crippen LogP contribution in [-0.2, 0) is 11.2 Å². The number of rotatable bonds is 4. The molecule has 6 rings (SSSR count). The van der Waals surface area contributed by atoms with E-state index in [2.05, 4.69) is 6.92 Å². The molecule has 146 valence electrons. The molecule has 1 heterocycles. The van der Waals surface area contributed by atoms with Gasteiger partial charge in [-0.1, -0.05) is 19.1 Å². The molecule has 4 bridgehead atoms. The number of hydrogen-bond donors (Lipinski definition) is 1. The van der Waals surface area contributed by atoms with Gasteiger partial charge in [0.2, 0.25) is 5.91 Å². The third-order valence-corrected chi connectivity index (χ3v) is 8.60. The van der Waals surface area contributed by atoms with Gasteiger partial charge in [0.15, 0.2) is 0 Å². The number of aliphatic hydroxyl groups is 1. The molecule has 4 aliphatic carbocycles. The Balaban J connectivity index is 1.44. The highest BCUT2D eigenvalue weighted by Gasteiger charge is 2.59. The van der Waals surface area contributed by atoms with E-state index in [1.54, 1.807) is 12.1 Å². The van der Waals surface area contributed by atoms with Gasteiger partial charge in [-0.2, -0.15) is 0 Å². The maximum atomic E-state index is 13.4. The summed E-state index contributed by atoms with van der Waals surface area (Å²) in [5.41, 5.74) is 1.18. The first kappa shape index (κ1) is 17.7. The molecule has 4 saturated carbocycles. The summed E-state index contributed by atoms with van der Waals surface area (Å²) < 4.78 is 13.4. The molecule has 1 aromatic rings. The number of benzene rings is 1. The van der Waals surface area contributed by atoms with Crippen LogP contribution in [0.1, 0.15) is 44.6 Å². The fourth-order valence-corrected chi connectivity index (χ4v) is 7.04. The first-order valence-corrected chi connectivity index (χ1v) is 10.6. The van der Waals surface area contributed by atoms with Crippen LogP contribution in [0.2, 0.25) is 0 Å². The Morgan fingerprint density at radius 1 is 1.11 bits per heavy atom. The van der Waals surface area contributed by atoms with E-state index < -0.39 is 0 Å². The van der Waals surface area contributed by atoms with Crippen LogP contribution in [-0.4, -0.2) is 35.1 Å². The predicted molar refractivity (Wildman–Crippen MR) is 101 cm³/mol. The first-order chi connectivity index (χ1) is 12.9. The van der Waals surface area contributed by atoms with E-state index in [9.17, 15) is 14.3 Å². The average molecular weight is 371 g/mol. The van der Waals surface area contributed by atoms with Crippen LogP contribution in [0, 0.1) is 40.8 Å². The van der Waals surface area contributed by atoms with E-state index in [1.165, 1.54) is 25.7 Å². The molecule has 4 heteroatoms. The number of likely N-dealkylation sites (tertiary alicyclic amines) is 1. The zero-order chi connectivity index (χ0) is 18.8. The van der Waals surface area contributed by atoms with E-state index in [0.717, 1.165) is 29.7 Å². The van der Waals surface area contributed by atoms with Crippen molar-refractivity contribution in [2.45, 2.75) is 51.6 Å². The van der Waals surface area contributed by atoms with Gasteiger partial charge < -0.3 is 10.0 Å². The van der Waals surface area contributed by atoms with E-state index in [-0.39, 0.29) is 23.2 Å². The van der Waals surface area contributed by atoms with Crippen molar-refractivity contribution in [1.29, 1.82) is 0 Å². The SMILES string of the molecule is CC1C2CC3CC1CC(C2)C3(CC(=O)N1CC(O)C1)Cc1ccc(F)cc1. The molecule has 5 aliphatic rings. The monoisotopic (exact) mass is 371 g/mol. The molecule has 0 aromatic heterocycles. The number of carbonyl (C=O) groups excluding carboxylic acids is 1. The fourth-order valence-electron chi connectivity index (χ4n) is 7.04. The largest absolute Gasteiger partial charge is 0.389 e. The standard InChI is InChI=1S/C23H30FNO2/c1-14-16-6-18-8-17(14)9-19(7-16)23(18,10-15-2-4-20(24)5-3-15)11-22(27)25-12-21(26)13-25/h2-5,14,16-19,21,26H,6-13H2,1H3. The lowest BCUT2D eigenvalue weighted by Gasteiger charge is -2.64. The van der Waals surface area contributed by atoms with Crippen molar-refractivity contribution in [1.82, 2.24) is 4.90 Å². The topological polar surface area (TPSA) is 40.5 Å². The van der Waals surface area contributed by atoms with Gasteiger partial charge in [0, 0.05) is 19.5 Å². The highest BCUT2D eigenvalue weighted by Crippen LogP contribution is 2.66. The van der Waals surface area contributed by atoms with Crippen LogP contribution in [0.4, 0.5) is 4.39 Å². The second-order valence-corrected chi connectivity index (χ2v) is 9.88. The summed E-state index contributed by atoms with van der Waals surface area (Å²) in [4.78, 5) is 14.9. The van der Waals surface area contributed by atoms with E-state index in [1.807, 2.05) is 17.0 Å². The lowest BCUT2D eigenvalue weighted by atomic mass is 9.41. The van der Waals surface area contributed by atoms with Gasteiger partial charge in [-0.25, -0.2) is 4.39 Å². The Hall–Kier alpha value is -1.42. The molecule has 1 aromatic carbocycles. The Labute approximate surface area is 160 Å². The maximum absolute atomic E-state index is 13.4. The second-order valence-electron chi connectivity index (χ2n) is 9.88. The molecule has 1 N–H and O–H groups in total.